The van der Waals surface area contributed by atoms with E-state index in [-0.39, 0.29) is 0 Å². The van der Waals surface area contributed by atoms with Gasteiger partial charge in [0.2, 0.25) is 0 Å². The maximum absolute atomic E-state index is 5.14. The molecular formula is C15H35NO2. The normalized spacial score (nSPS) is 20.3. The Morgan fingerprint density at radius 1 is 0.778 bits per heavy atom. The smallest absolute Gasteiger partial charge is 0.0594 e. The van der Waals surface area contributed by atoms with Crippen molar-refractivity contribution >= 4 is 0 Å². The molecule has 112 valence electrons. The number of ether oxygens (including phenoxy) is 2. The van der Waals surface area contributed by atoms with Gasteiger partial charge in [-0.15, -0.1) is 0 Å². The Morgan fingerprint density at radius 2 is 1.17 bits per heavy atom. The minimum Gasteiger partial charge on any atom is -0.381 e. The van der Waals surface area contributed by atoms with Crippen LogP contribution >= 0.6 is 0 Å². The lowest BCUT2D eigenvalue weighted by molar-refractivity contribution is 0.0503. The Bertz CT molecular complexity index is 114. The highest BCUT2D eigenvalue weighted by atomic mass is 16.5. The van der Waals surface area contributed by atoms with Crippen LogP contribution in [0, 0.1) is 5.92 Å². The van der Waals surface area contributed by atoms with Crippen LogP contribution in [0.3, 0.4) is 0 Å². The lowest BCUT2D eigenvalue weighted by atomic mass is 10.0. The van der Waals surface area contributed by atoms with Gasteiger partial charge >= 0.3 is 0 Å². The third kappa shape index (κ3) is 13.9. The first kappa shape index (κ1) is 20.2. The average Bonchev–Trinajstić information content (AvgIpc) is 2.46. The highest BCUT2D eigenvalue weighted by molar-refractivity contribution is 4.56. The fourth-order valence-electron chi connectivity index (χ4n) is 1.47. The van der Waals surface area contributed by atoms with Gasteiger partial charge in [-0.25, -0.2) is 0 Å². The predicted octanol–water partition coefficient (Wildman–Crippen LogP) is 3.43. The van der Waals surface area contributed by atoms with Gasteiger partial charge in [-0.1, -0.05) is 34.6 Å². The zero-order chi connectivity index (χ0) is 14.2. The van der Waals surface area contributed by atoms with Crippen LogP contribution in [-0.2, 0) is 9.47 Å². The van der Waals surface area contributed by atoms with Gasteiger partial charge in [-0.3, -0.25) is 0 Å². The molecule has 18 heavy (non-hydrogen) atoms. The Kier molecular flexibility index (Phi) is 18.9. The van der Waals surface area contributed by atoms with Crippen LogP contribution in [-0.4, -0.2) is 51.5 Å². The Morgan fingerprint density at radius 3 is 1.39 bits per heavy atom. The second kappa shape index (κ2) is 16.9. The molecule has 2 fully saturated rings. The summed E-state index contributed by atoms with van der Waals surface area (Å²) in [7, 11) is 2.11. The van der Waals surface area contributed by atoms with Crippen molar-refractivity contribution in [2.24, 2.45) is 5.92 Å². The summed E-state index contributed by atoms with van der Waals surface area (Å²) in [6.07, 6.45) is 2.53. The minimum atomic E-state index is 0.911. The highest BCUT2D eigenvalue weighted by Crippen LogP contribution is 2.11. The van der Waals surface area contributed by atoms with Crippen LogP contribution in [0.4, 0.5) is 0 Å². The van der Waals surface area contributed by atoms with Crippen molar-refractivity contribution in [3.63, 3.8) is 0 Å². The Labute approximate surface area is 115 Å². The van der Waals surface area contributed by atoms with E-state index in [0.717, 1.165) is 45.4 Å². The zero-order valence-electron chi connectivity index (χ0n) is 13.5. The molecule has 0 spiro atoms. The number of hydrogen-bond acceptors (Lipinski definition) is 3. The quantitative estimate of drug-likeness (QED) is 0.667. The third-order valence-electron chi connectivity index (χ3n) is 2.74. The SMILES string of the molecule is CC.CC.CC1CCOCC1.CN1CCOCC1. The minimum absolute atomic E-state index is 0.911. The van der Waals surface area contributed by atoms with Crippen molar-refractivity contribution in [3.05, 3.63) is 0 Å². The summed E-state index contributed by atoms with van der Waals surface area (Å²) >= 11 is 0. The molecule has 0 amide bonds. The summed E-state index contributed by atoms with van der Waals surface area (Å²) < 4.78 is 10.2. The maximum atomic E-state index is 5.14. The zero-order valence-corrected chi connectivity index (χ0v) is 13.5. The van der Waals surface area contributed by atoms with Gasteiger partial charge in [0, 0.05) is 26.3 Å². The van der Waals surface area contributed by atoms with E-state index in [9.17, 15) is 0 Å². The van der Waals surface area contributed by atoms with Crippen molar-refractivity contribution in [2.75, 3.05) is 46.6 Å². The molecule has 0 aliphatic carbocycles. The number of nitrogens with zero attached hydrogens (tertiary/aromatic N) is 1. The van der Waals surface area contributed by atoms with E-state index in [0.29, 0.717) is 0 Å². The second-order valence-electron chi connectivity index (χ2n) is 4.21. The molecule has 0 N–H and O–H groups in total. The first-order valence-electron chi connectivity index (χ1n) is 7.63. The van der Waals surface area contributed by atoms with Crippen molar-refractivity contribution < 1.29 is 9.47 Å². The van der Waals surface area contributed by atoms with E-state index in [1.807, 2.05) is 27.7 Å². The molecule has 0 unspecified atom stereocenters. The summed E-state index contributed by atoms with van der Waals surface area (Å²) in [5.74, 6) is 0.911. The van der Waals surface area contributed by atoms with Crippen LogP contribution in [0.1, 0.15) is 47.5 Å². The molecule has 2 aliphatic rings. The van der Waals surface area contributed by atoms with Gasteiger partial charge in [0.05, 0.1) is 13.2 Å². The van der Waals surface area contributed by atoms with Gasteiger partial charge in [-0.2, -0.15) is 0 Å². The predicted molar refractivity (Wildman–Crippen MR) is 80.2 cm³/mol. The van der Waals surface area contributed by atoms with E-state index in [1.54, 1.807) is 0 Å². The van der Waals surface area contributed by atoms with Crippen LogP contribution in [0.15, 0.2) is 0 Å². The van der Waals surface area contributed by atoms with Crippen LogP contribution in [0.25, 0.3) is 0 Å². The van der Waals surface area contributed by atoms with E-state index in [1.165, 1.54) is 12.8 Å². The lowest BCUT2D eigenvalue weighted by Crippen LogP contribution is -2.32. The van der Waals surface area contributed by atoms with E-state index < -0.39 is 0 Å². The first-order valence-corrected chi connectivity index (χ1v) is 7.63. The van der Waals surface area contributed by atoms with E-state index in [2.05, 4.69) is 18.9 Å². The van der Waals surface area contributed by atoms with Gasteiger partial charge in [-0.05, 0) is 25.8 Å². The summed E-state index contributed by atoms with van der Waals surface area (Å²) in [6, 6.07) is 0. The molecule has 0 aromatic carbocycles. The van der Waals surface area contributed by atoms with Crippen LogP contribution < -0.4 is 0 Å². The van der Waals surface area contributed by atoms with Crippen molar-refractivity contribution in [3.8, 4) is 0 Å². The molecule has 2 heterocycles. The van der Waals surface area contributed by atoms with E-state index in [4.69, 9.17) is 9.47 Å². The second-order valence-corrected chi connectivity index (χ2v) is 4.21. The third-order valence-corrected chi connectivity index (χ3v) is 2.74. The molecule has 2 saturated heterocycles. The molecule has 0 saturated carbocycles. The fourth-order valence-corrected chi connectivity index (χ4v) is 1.47. The van der Waals surface area contributed by atoms with Crippen LogP contribution in [0.2, 0.25) is 0 Å². The highest BCUT2D eigenvalue weighted by Gasteiger charge is 2.06. The Hall–Kier alpha value is -0.120. The molecule has 0 aromatic rings. The Balaban J connectivity index is 0. The number of rotatable bonds is 0. The molecule has 2 rings (SSSR count). The van der Waals surface area contributed by atoms with Gasteiger partial charge < -0.3 is 14.4 Å². The summed E-state index contributed by atoms with van der Waals surface area (Å²) in [5.41, 5.74) is 0. The molecule has 0 aromatic heterocycles. The molecule has 0 atom stereocenters. The number of morpholine rings is 1. The molecular weight excluding hydrogens is 226 g/mol. The summed E-state index contributed by atoms with van der Waals surface area (Å²) in [5, 5.41) is 0. The van der Waals surface area contributed by atoms with E-state index >= 15 is 0 Å². The molecule has 2 aliphatic heterocycles. The lowest BCUT2D eigenvalue weighted by Gasteiger charge is -2.21. The fraction of sp³-hybridized carbons (Fsp3) is 1.00. The largest absolute Gasteiger partial charge is 0.381 e. The average molecular weight is 261 g/mol. The number of likely N-dealkylation sites (N-methyl/N-ethyl adjacent to an activating group) is 1. The van der Waals surface area contributed by atoms with Crippen molar-refractivity contribution in [2.45, 2.75) is 47.5 Å². The number of hydrogen-bond donors (Lipinski definition) is 0. The van der Waals surface area contributed by atoms with Gasteiger partial charge in [0.25, 0.3) is 0 Å². The van der Waals surface area contributed by atoms with Crippen molar-refractivity contribution in [1.29, 1.82) is 0 Å². The monoisotopic (exact) mass is 261 g/mol. The summed E-state index contributed by atoms with van der Waals surface area (Å²) in [4.78, 5) is 2.27. The summed E-state index contributed by atoms with van der Waals surface area (Å²) in [6.45, 7) is 16.3. The molecule has 3 heteroatoms. The molecule has 0 bridgehead atoms. The first-order chi connectivity index (χ1) is 8.79. The maximum Gasteiger partial charge on any atom is 0.0594 e. The van der Waals surface area contributed by atoms with Crippen molar-refractivity contribution in [1.82, 2.24) is 4.90 Å². The topological polar surface area (TPSA) is 21.7 Å². The molecule has 3 nitrogen and oxygen atoms in total. The van der Waals surface area contributed by atoms with Gasteiger partial charge in [0.1, 0.15) is 0 Å². The molecule has 0 radical (unpaired) electrons. The standard InChI is InChI=1S/C6H12O.C5H11NO.2C2H6/c2*1-6-2-4-7-5-3-6;2*1-2/h6H,2-5H2,1H3;2-5H2,1H3;2*1-2H3. The van der Waals surface area contributed by atoms with Gasteiger partial charge in [0.15, 0.2) is 0 Å². The van der Waals surface area contributed by atoms with Crippen LogP contribution in [0.5, 0.6) is 0 Å².